The van der Waals surface area contributed by atoms with Gasteiger partial charge in [-0.25, -0.2) is 0 Å². The van der Waals surface area contributed by atoms with Crippen LogP contribution in [0.5, 0.6) is 0 Å². The number of carboxylic acids is 1. The number of carboxylic acid groups (broad SMARTS) is 1. The molecule has 0 saturated carbocycles. The van der Waals surface area contributed by atoms with Crippen LogP contribution < -0.4 is 5.11 Å². The highest BCUT2D eigenvalue weighted by Gasteiger charge is 1.97. The lowest BCUT2D eigenvalue weighted by molar-refractivity contribution is -0.301. The molecule has 2 nitrogen and oxygen atoms in total. The number of hydrogen-bond acceptors (Lipinski definition) is 4. The quantitative estimate of drug-likeness (QED) is 0.772. The van der Waals surface area contributed by atoms with Gasteiger partial charge in [0.25, 0.3) is 0 Å². The van der Waals surface area contributed by atoms with Crippen molar-refractivity contribution in [1.29, 1.82) is 0 Å². The normalized spacial score (nSPS) is 10.1. The predicted molar refractivity (Wildman–Crippen MR) is 50.5 cm³/mol. The lowest BCUT2D eigenvalue weighted by Gasteiger charge is -1.99. The summed E-state index contributed by atoms with van der Waals surface area (Å²) in [7, 11) is 0. The van der Waals surface area contributed by atoms with E-state index in [-0.39, 0.29) is 5.75 Å². The minimum absolute atomic E-state index is 0.0372. The van der Waals surface area contributed by atoms with E-state index in [9.17, 15) is 9.90 Å². The molecule has 5 heteroatoms. The molecule has 66 valence electrons. The molecule has 0 aliphatic carbocycles. The Morgan fingerprint density at radius 2 is 2.42 bits per heavy atom. The average molecular weight is 222 g/mol. The van der Waals surface area contributed by atoms with Crippen molar-refractivity contribution < 1.29 is 9.90 Å². The summed E-state index contributed by atoms with van der Waals surface area (Å²) in [4.78, 5) is 11.1. The van der Waals surface area contributed by atoms with Crippen molar-refractivity contribution in [2.45, 2.75) is 5.75 Å². The molecule has 0 radical (unpaired) electrons. The van der Waals surface area contributed by atoms with Gasteiger partial charge in [-0.15, -0.1) is 11.3 Å². The second-order valence-corrected chi connectivity index (χ2v) is 4.86. The van der Waals surface area contributed by atoms with Gasteiger partial charge in [-0.3, -0.25) is 0 Å². The SMILES string of the molecule is O=C([O-])CSCc1ccc(Cl)s1. The first-order chi connectivity index (χ1) is 5.68. The molecule has 1 rings (SSSR count). The van der Waals surface area contributed by atoms with Crippen molar-refractivity contribution >= 4 is 40.7 Å². The fourth-order valence-corrected chi connectivity index (χ4v) is 2.60. The van der Waals surface area contributed by atoms with E-state index in [4.69, 9.17) is 11.6 Å². The molecule has 0 N–H and O–H groups in total. The van der Waals surface area contributed by atoms with Gasteiger partial charge in [0.05, 0.1) is 10.3 Å². The minimum Gasteiger partial charge on any atom is -0.549 e. The van der Waals surface area contributed by atoms with Gasteiger partial charge in [0.1, 0.15) is 0 Å². The molecule has 0 bridgehead atoms. The van der Waals surface area contributed by atoms with E-state index in [0.717, 1.165) is 9.21 Å². The fraction of sp³-hybridized carbons (Fsp3) is 0.286. The number of aliphatic carboxylic acids is 1. The largest absolute Gasteiger partial charge is 0.549 e. The molecule has 0 spiro atoms. The van der Waals surface area contributed by atoms with Gasteiger partial charge in [-0.05, 0) is 12.1 Å². The van der Waals surface area contributed by atoms with Crippen LogP contribution in [0.1, 0.15) is 4.88 Å². The van der Waals surface area contributed by atoms with Crippen molar-refractivity contribution in [3.63, 3.8) is 0 Å². The highest BCUT2D eigenvalue weighted by atomic mass is 35.5. The van der Waals surface area contributed by atoms with Gasteiger partial charge in [0.2, 0.25) is 0 Å². The van der Waals surface area contributed by atoms with Gasteiger partial charge in [0, 0.05) is 16.4 Å². The maximum Gasteiger partial charge on any atom is 0.0931 e. The second-order valence-electron chi connectivity index (χ2n) is 2.07. The number of thioether (sulfide) groups is 1. The van der Waals surface area contributed by atoms with Crippen molar-refractivity contribution in [1.82, 2.24) is 0 Å². The van der Waals surface area contributed by atoms with Crippen LogP contribution in [0, 0.1) is 0 Å². The maximum absolute atomic E-state index is 10.0. The summed E-state index contributed by atoms with van der Waals surface area (Å²) < 4.78 is 0.735. The molecular formula is C7H6ClO2S2-. The van der Waals surface area contributed by atoms with Crippen LogP contribution in [-0.4, -0.2) is 11.7 Å². The van der Waals surface area contributed by atoms with Crippen LogP contribution in [0.15, 0.2) is 12.1 Å². The fourth-order valence-electron chi connectivity index (χ4n) is 0.664. The summed E-state index contributed by atoms with van der Waals surface area (Å²) in [5, 5.41) is 10.0. The van der Waals surface area contributed by atoms with Gasteiger partial charge in [0.15, 0.2) is 0 Å². The summed E-state index contributed by atoms with van der Waals surface area (Å²) in [6, 6.07) is 3.70. The zero-order chi connectivity index (χ0) is 8.97. The van der Waals surface area contributed by atoms with Crippen LogP contribution in [-0.2, 0) is 10.5 Å². The lowest BCUT2D eigenvalue weighted by Crippen LogP contribution is -2.24. The Morgan fingerprint density at radius 1 is 1.67 bits per heavy atom. The Balaban J connectivity index is 2.29. The number of hydrogen-bond donors (Lipinski definition) is 0. The van der Waals surface area contributed by atoms with Gasteiger partial charge >= 0.3 is 0 Å². The molecule has 0 aliphatic rings. The number of rotatable bonds is 4. The van der Waals surface area contributed by atoms with E-state index in [0.29, 0.717) is 5.75 Å². The van der Waals surface area contributed by atoms with E-state index >= 15 is 0 Å². The van der Waals surface area contributed by atoms with Gasteiger partial charge in [-0.2, -0.15) is 11.8 Å². The number of thiophene rings is 1. The van der Waals surface area contributed by atoms with Crippen LogP contribution in [0.3, 0.4) is 0 Å². The highest BCUT2D eigenvalue weighted by Crippen LogP contribution is 2.24. The van der Waals surface area contributed by atoms with Crippen molar-refractivity contribution in [2.75, 3.05) is 5.75 Å². The molecule has 1 aromatic heterocycles. The summed E-state index contributed by atoms with van der Waals surface area (Å²) in [6.07, 6.45) is 0. The van der Waals surface area contributed by atoms with Crippen LogP contribution in [0.25, 0.3) is 0 Å². The Kier molecular flexibility index (Phi) is 3.91. The smallest absolute Gasteiger partial charge is 0.0931 e. The molecule has 0 amide bonds. The Bertz CT molecular complexity index is 272. The summed E-state index contributed by atoms with van der Waals surface area (Å²) in [5.74, 6) is -0.302. The van der Waals surface area contributed by atoms with Crippen molar-refractivity contribution in [3.05, 3.63) is 21.3 Å². The van der Waals surface area contributed by atoms with Crippen LogP contribution in [0.4, 0.5) is 0 Å². The van der Waals surface area contributed by atoms with Crippen LogP contribution >= 0.6 is 34.7 Å². The van der Waals surface area contributed by atoms with Gasteiger partial charge in [-0.1, -0.05) is 11.6 Å². The third-order valence-corrected chi connectivity index (χ3v) is 3.46. The Hall–Kier alpha value is -0.190. The number of carbonyl (C=O) groups excluding carboxylic acids is 1. The first-order valence-electron chi connectivity index (χ1n) is 3.20. The first kappa shape index (κ1) is 9.89. The highest BCUT2D eigenvalue weighted by molar-refractivity contribution is 7.99. The molecule has 0 saturated heterocycles. The van der Waals surface area contributed by atoms with Gasteiger partial charge < -0.3 is 9.90 Å². The monoisotopic (exact) mass is 221 g/mol. The second kappa shape index (κ2) is 4.74. The Morgan fingerprint density at radius 3 is 2.92 bits per heavy atom. The van der Waals surface area contributed by atoms with E-state index in [1.165, 1.54) is 23.1 Å². The third-order valence-electron chi connectivity index (χ3n) is 1.09. The summed E-state index contributed by atoms with van der Waals surface area (Å²) in [5.41, 5.74) is 0. The molecular weight excluding hydrogens is 216 g/mol. The summed E-state index contributed by atoms with van der Waals surface area (Å²) >= 11 is 8.47. The molecule has 1 aromatic rings. The molecule has 0 atom stereocenters. The lowest BCUT2D eigenvalue weighted by atomic mass is 10.5. The molecule has 12 heavy (non-hydrogen) atoms. The first-order valence-corrected chi connectivity index (χ1v) is 5.55. The minimum atomic E-state index is -1.03. The third kappa shape index (κ3) is 3.47. The molecule has 1 heterocycles. The zero-order valence-electron chi connectivity index (χ0n) is 6.08. The number of carbonyl (C=O) groups is 1. The average Bonchev–Trinajstić information content (AvgIpc) is 2.35. The number of halogens is 1. The molecule has 0 aliphatic heterocycles. The standard InChI is InChI=1S/C7H7ClO2S2/c8-6-2-1-5(12-6)3-11-4-7(9)10/h1-2H,3-4H2,(H,9,10)/p-1. The topological polar surface area (TPSA) is 40.1 Å². The van der Waals surface area contributed by atoms with Crippen molar-refractivity contribution in [2.24, 2.45) is 0 Å². The zero-order valence-corrected chi connectivity index (χ0v) is 8.47. The van der Waals surface area contributed by atoms with E-state index in [1.54, 1.807) is 6.07 Å². The molecule has 0 unspecified atom stereocenters. The van der Waals surface area contributed by atoms with Crippen LogP contribution in [0.2, 0.25) is 4.34 Å². The maximum atomic E-state index is 10.0. The van der Waals surface area contributed by atoms with E-state index in [2.05, 4.69) is 0 Å². The Labute approximate surface area is 83.5 Å². The van der Waals surface area contributed by atoms with E-state index < -0.39 is 5.97 Å². The predicted octanol–water partition coefficient (Wildman–Crippen LogP) is 1.38. The van der Waals surface area contributed by atoms with E-state index in [1.807, 2.05) is 6.07 Å². The summed E-state index contributed by atoms with van der Waals surface area (Å²) in [6.45, 7) is 0. The van der Waals surface area contributed by atoms with Crippen molar-refractivity contribution in [3.8, 4) is 0 Å². The molecule has 0 aromatic carbocycles. The molecule has 0 fully saturated rings.